The van der Waals surface area contributed by atoms with Gasteiger partial charge in [-0.3, -0.25) is 9.59 Å². The van der Waals surface area contributed by atoms with E-state index in [2.05, 4.69) is 0 Å². The third-order valence-corrected chi connectivity index (χ3v) is 4.25. The summed E-state index contributed by atoms with van der Waals surface area (Å²) < 4.78 is 5.35. The van der Waals surface area contributed by atoms with E-state index in [1.165, 1.54) is 11.2 Å². The second-order valence-corrected chi connectivity index (χ2v) is 7.17. The Labute approximate surface area is 146 Å². The number of Topliss-reactive ketones (excluding diaryl/α,β-unsaturated/α-hetero) is 1. The van der Waals surface area contributed by atoms with Gasteiger partial charge < -0.3 is 14.4 Å². The number of nitrogens with zero attached hydrogens (tertiary/aromatic N) is 1. The summed E-state index contributed by atoms with van der Waals surface area (Å²) in [6.45, 7) is 5.50. The zero-order valence-electron chi connectivity index (χ0n) is 14.5. The molecule has 1 N–H and O–H groups in total. The molecular formula is C20H21NO4. The molecule has 2 heterocycles. The summed E-state index contributed by atoms with van der Waals surface area (Å²) in [5.41, 5.74) is 0.214. The van der Waals surface area contributed by atoms with Crippen LogP contribution >= 0.6 is 0 Å². The molecule has 0 radical (unpaired) electrons. The lowest BCUT2D eigenvalue weighted by atomic mass is 9.82. The summed E-state index contributed by atoms with van der Waals surface area (Å²) in [6.07, 6.45) is 1.53. The molecule has 25 heavy (non-hydrogen) atoms. The van der Waals surface area contributed by atoms with E-state index >= 15 is 0 Å². The molecule has 3 rings (SSSR count). The maximum Gasteiger partial charge on any atom is 0.290 e. The molecule has 0 spiro atoms. The van der Waals surface area contributed by atoms with Crippen LogP contribution in [0.15, 0.2) is 64.5 Å². The van der Waals surface area contributed by atoms with E-state index in [9.17, 15) is 14.7 Å². The number of hydrogen-bond donors (Lipinski definition) is 1. The Morgan fingerprint density at radius 1 is 1.16 bits per heavy atom. The highest BCUT2D eigenvalue weighted by Gasteiger charge is 2.46. The molecule has 0 bridgehead atoms. The van der Waals surface area contributed by atoms with E-state index in [1.807, 2.05) is 30.3 Å². The molecule has 2 aromatic rings. The van der Waals surface area contributed by atoms with Crippen LogP contribution in [-0.4, -0.2) is 21.7 Å². The minimum absolute atomic E-state index is 0.148. The van der Waals surface area contributed by atoms with Crippen molar-refractivity contribution in [3.05, 3.63) is 71.4 Å². The predicted octanol–water partition coefficient (Wildman–Crippen LogP) is 3.79. The fourth-order valence-electron chi connectivity index (χ4n) is 3.01. The lowest BCUT2D eigenvalue weighted by Gasteiger charge is -2.28. The zero-order chi connectivity index (χ0) is 18.2. The first-order chi connectivity index (χ1) is 11.8. The van der Waals surface area contributed by atoms with Crippen molar-refractivity contribution < 1.29 is 19.1 Å². The van der Waals surface area contributed by atoms with Crippen molar-refractivity contribution in [1.29, 1.82) is 0 Å². The van der Waals surface area contributed by atoms with E-state index in [1.54, 1.807) is 32.9 Å². The Morgan fingerprint density at radius 3 is 2.40 bits per heavy atom. The number of carbonyl (C=O) groups is 2. The smallest absolute Gasteiger partial charge is 0.290 e. The van der Waals surface area contributed by atoms with Crippen LogP contribution in [0.3, 0.4) is 0 Å². The minimum Gasteiger partial charge on any atom is -0.503 e. The first-order valence-electron chi connectivity index (χ1n) is 8.17. The van der Waals surface area contributed by atoms with Gasteiger partial charge in [0.15, 0.2) is 11.5 Å². The molecule has 130 valence electrons. The van der Waals surface area contributed by atoms with Gasteiger partial charge in [0.25, 0.3) is 5.91 Å². The average Bonchev–Trinajstić information content (AvgIpc) is 3.16. The standard InChI is InChI=1S/C20H21NO4/c1-20(2,3)18(23)15-16(13-8-5-4-6-9-13)21(19(24)17(15)22)12-14-10-7-11-25-14/h4-11,16,22H,12H2,1-3H3. The van der Waals surface area contributed by atoms with E-state index in [4.69, 9.17) is 4.42 Å². The third-order valence-electron chi connectivity index (χ3n) is 4.25. The highest BCUT2D eigenvalue weighted by molar-refractivity contribution is 6.10. The number of aliphatic hydroxyl groups is 1. The first kappa shape index (κ1) is 17.0. The summed E-state index contributed by atoms with van der Waals surface area (Å²) in [5.74, 6) is -0.682. The number of carbonyl (C=O) groups excluding carboxylic acids is 2. The molecule has 1 unspecified atom stereocenters. The summed E-state index contributed by atoms with van der Waals surface area (Å²) in [7, 11) is 0. The number of furan rings is 1. The topological polar surface area (TPSA) is 70.8 Å². The molecule has 1 aliphatic heterocycles. The molecule has 1 aromatic heterocycles. The summed E-state index contributed by atoms with van der Waals surface area (Å²) in [5, 5.41) is 10.5. The van der Waals surface area contributed by atoms with Crippen LogP contribution in [0, 0.1) is 5.41 Å². The predicted molar refractivity (Wildman–Crippen MR) is 92.6 cm³/mol. The number of hydrogen-bond acceptors (Lipinski definition) is 4. The molecule has 0 saturated carbocycles. The molecule has 1 aromatic carbocycles. The van der Waals surface area contributed by atoms with Gasteiger partial charge in [-0.05, 0) is 17.7 Å². The van der Waals surface area contributed by atoms with Gasteiger partial charge >= 0.3 is 0 Å². The molecule has 0 saturated heterocycles. The highest BCUT2D eigenvalue weighted by Crippen LogP contribution is 2.41. The summed E-state index contributed by atoms with van der Waals surface area (Å²) >= 11 is 0. The number of benzene rings is 1. The minimum atomic E-state index is -0.711. The van der Waals surface area contributed by atoms with Gasteiger partial charge in [-0.2, -0.15) is 0 Å². The van der Waals surface area contributed by atoms with Crippen LogP contribution in [0.1, 0.15) is 38.1 Å². The average molecular weight is 339 g/mol. The van der Waals surface area contributed by atoms with Crippen LogP contribution in [-0.2, 0) is 16.1 Å². The Balaban J connectivity index is 2.08. The molecular weight excluding hydrogens is 318 g/mol. The zero-order valence-corrected chi connectivity index (χ0v) is 14.5. The molecule has 1 atom stereocenters. The monoisotopic (exact) mass is 339 g/mol. The fourth-order valence-corrected chi connectivity index (χ4v) is 3.01. The number of ketones is 1. The first-order valence-corrected chi connectivity index (χ1v) is 8.17. The maximum absolute atomic E-state index is 12.9. The molecule has 1 aliphatic rings. The van der Waals surface area contributed by atoms with Gasteiger partial charge in [0.2, 0.25) is 0 Å². The van der Waals surface area contributed by atoms with Crippen molar-refractivity contribution in [3.8, 4) is 0 Å². The summed E-state index contributed by atoms with van der Waals surface area (Å²) in [6, 6.07) is 12.1. The van der Waals surface area contributed by atoms with Crippen molar-refractivity contribution in [2.75, 3.05) is 0 Å². The normalized spacial score (nSPS) is 18.1. The van der Waals surface area contributed by atoms with Gasteiger partial charge in [0.1, 0.15) is 5.76 Å². The molecule has 1 amide bonds. The fraction of sp³-hybridized carbons (Fsp3) is 0.300. The summed E-state index contributed by atoms with van der Waals surface area (Å²) in [4.78, 5) is 27.1. The van der Waals surface area contributed by atoms with Crippen molar-refractivity contribution >= 4 is 11.7 Å². The van der Waals surface area contributed by atoms with Crippen molar-refractivity contribution in [1.82, 2.24) is 4.90 Å². The van der Waals surface area contributed by atoms with Crippen molar-refractivity contribution in [3.63, 3.8) is 0 Å². The SMILES string of the molecule is CC(C)(C)C(=O)C1=C(O)C(=O)N(Cc2ccco2)C1c1ccccc1. The van der Waals surface area contributed by atoms with Crippen molar-refractivity contribution in [2.24, 2.45) is 5.41 Å². The van der Waals surface area contributed by atoms with Crippen molar-refractivity contribution in [2.45, 2.75) is 33.4 Å². The van der Waals surface area contributed by atoms with Crippen LogP contribution in [0.25, 0.3) is 0 Å². The van der Waals surface area contributed by atoms with Gasteiger partial charge in [-0.1, -0.05) is 51.1 Å². The van der Waals surface area contributed by atoms with E-state index < -0.39 is 23.1 Å². The Morgan fingerprint density at radius 2 is 1.84 bits per heavy atom. The molecule has 0 fully saturated rings. The van der Waals surface area contributed by atoms with E-state index in [0.29, 0.717) is 5.76 Å². The van der Waals surface area contributed by atoms with Crippen LogP contribution in [0.4, 0.5) is 0 Å². The molecule has 0 aliphatic carbocycles. The Kier molecular flexibility index (Phi) is 4.25. The number of rotatable bonds is 4. The van der Waals surface area contributed by atoms with Gasteiger partial charge in [-0.15, -0.1) is 0 Å². The largest absolute Gasteiger partial charge is 0.503 e. The lowest BCUT2D eigenvalue weighted by molar-refractivity contribution is -0.130. The van der Waals surface area contributed by atoms with Crippen LogP contribution in [0.5, 0.6) is 0 Å². The second-order valence-electron chi connectivity index (χ2n) is 7.17. The van der Waals surface area contributed by atoms with Crippen LogP contribution in [0.2, 0.25) is 0 Å². The second kappa shape index (κ2) is 6.24. The Hall–Kier alpha value is -2.82. The molecule has 5 heteroatoms. The Bertz CT molecular complexity index is 813. The van der Waals surface area contributed by atoms with Gasteiger partial charge in [0.05, 0.1) is 24.4 Å². The number of aliphatic hydroxyl groups excluding tert-OH is 1. The molecule has 5 nitrogen and oxygen atoms in total. The van der Waals surface area contributed by atoms with Crippen LogP contribution < -0.4 is 0 Å². The van der Waals surface area contributed by atoms with E-state index in [-0.39, 0.29) is 17.9 Å². The van der Waals surface area contributed by atoms with Gasteiger partial charge in [-0.25, -0.2) is 0 Å². The number of amides is 1. The van der Waals surface area contributed by atoms with E-state index in [0.717, 1.165) is 5.56 Å². The maximum atomic E-state index is 12.9. The third kappa shape index (κ3) is 3.09. The highest BCUT2D eigenvalue weighted by atomic mass is 16.3. The lowest BCUT2D eigenvalue weighted by Crippen LogP contribution is -2.32. The van der Waals surface area contributed by atoms with Gasteiger partial charge in [0, 0.05) is 5.41 Å². The quantitative estimate of drug-likeness (QED) is 0.920.